The van der Waals surface area contributed by atoms with Crippen molar-refractivity contribution in [2.45, 2.75) is 25.8 Å². The summed E-state index contributed by atoms with van der Waals surface area (Å²) in [5.41, 5.74) is 1.03. The van der Waals surface area contributed by atoms with E-state index in [0.29, 0.717) is 11.3 Å². The van der Waals surface area contributed by atoms with E-state index in [-0.39, 0.29) is 11.7 Å². The molecule has 0 aliphatic heterocycles. The Labute approximate surface area is 109 Å². The van der Waals surface area contributed by atoms with Crippen molar-refractivity contribution in [2.24, 2.45) is 5.92 Å². The van der Waals surface area contributed by atoms with Gasteiger partial charge in [0.05, 0.1) is 0 Å². The number of aliphatic carboxylic acids is 1. The first kappa shape index (κ1) is 13.3. The molecule has 1 saturated carbocycles. The molecule has 1 aromatic rings. The Morgan fingerprint density at radius 2 is 2.11 bits per heavy atom. The smallest absolute Gasteiger partial charge is 0.326 e. The SMILES string of the molecule is Cc1cc(F)ccc1NC(=O)NC(C(=O)O)C1CC1. The Morgan fingerprint density at radius 1 is 1.42 bits per heavy atom. The van der Waals surface area contributed by atoms with Crippen LogP contribution in [0.4, 0.5) is 14.9 Å². The number of amides is 2. The molecular weight excluding hydrogens is 251 g/mol. The highest BCUT2D eigenvalue weighted by molar-refractivity contribution is 5.93. The second-order valence-corrected chi connectivity index (χ2v) is 4.71. The second-order valence-electron chi connectivity index (χ2n) is 4.71. The lowest BCUT2D eigenvalue weighted by molar-refractivity contribution is -0.139. The van der Waals surface area contributed by atoms with Gasteiger partial charge in [-0.2, -0.15) is 0 Å². The van der Waals surface area contributed by atoms with Gasteiger partial charge in [-0.15, -0.1) is 0 Å². The van der Waals surface area contributed by atoms with Gasteiger partial charge in [0.15, 0.2) is 0 Å². The van der Waals surface area contributed by atoms with Crippen LogP contribution >= 0.6 is 0 Å². The van der Waals surface area contributed by atoms with Crippen LogP contribution in [-0.4, -0.2) is 23.1 Å². The van der Waals surface area contributed by atoms with Crippen molar-refractivity contribution in [3.8, 4) is 0 Å². The average molecular weight is 266 g/mol. The van der Waals surface area contributed by atoms with Crippen LogP contribution in [0.1, 0.15) is 18.4 Å². The minimum Gasteiger partial charge on any atom is -0.480 e. The second kappa shape index (κ2) is 5.26. The van der Waals surface area contributed by atoms with Gasteiger partial charge in [0, 0.05) is 5.69 Å². The number of carboxylic acid groups (broad SMARTS) is 1. The summed E-state index contributed by atoms with van der Waals surface area (Å²) in [6, 6.07) is 2.52. The van der Waals surface area contributed by atoms with Gasteiger partial charge in [0.2, 0.25) is 0 Å². The van der Waals surface area contributed by atoms with Crippen molar-refractivity contribution >= 4 is 17.7 Å². The molecule has 0 bridgehead atoms. The van der Waals surface area contributed by atoms with Crippen molar-refractivity contribution in [1.82, 2.24) is 5.32 Å². The largest absolute Gasteiger partial charge is 0.480 e. The number of hydrogen-bond donors (Lipinski definition) is 3. The highest BCUT2D eigenvalue weighted by Crippen LogP contribution is 2.32. The highest BCUT2D eigenvalue weighted by atomic mass is 19.1. The van der Waals surface area contributed by atoms with Crippen molar-refractivity contribution in [3.05, 3.63) is 29.6 Å². The summed E-state index contributed by atoms with van der Waals surface area (Å²) >= 11 is 0. The van der Waals surface area contributed by atoms with E-state index < -0.39 is 18.0 Å². The van der Waals surface area contributed by atoms with Gasteiger partial charge in [-0.25, -0.2) is 14.0 Å². The number of aryl methyl sites for hydroxylation is 1. The summed E-state index contributed by atoms with van der Waals surface area (Å²) in [4.78, 5) is 22.7. The predicted molar refractivity (Wildman–Crippen MR) is 67.4 cm³/mol. The molecule has 0 heterocycles. The quantitative estimate of drug-likeness (QED) is 0.781. The van der Waals surface area contributed by atoms with Gasteiger partial charge in [0.1, 0.15) is 11.9 Å². The first-order chi connectivity index (χ1) is 8.97. The van der Waals surface area contributed by atoms with Gasteiger partial charge in [0.25, 0.3) is 0 Å². The Hall–Kier alpha value is -2.11. The van der Waals surface area contributed by atoms with Crippen LogP contribution in [0.25, 0.3) is 0 Å². The van der Waals surface area contributed by atoms with Gasteiger partial charge in [-0.3, -0.25) is 0 Å². The highest BCUT2D eigenvalue weighted by Gasteiger charge is 2.37. The summed E-state index contributed by atoms with van der Waals surface area (Å²) in [5.74, 6) is -1.41. The zero-order chi connectivity index (χ0) is 14.0. The van der Waals surface area contributed by atoms with Crippen molar-refractivity contribution < 1.29 is 19.1 Å². The fourth-order valence-corrected chi connectivity index (χ4v) is 1.88. The van der Waals surface area contributed by atoms with E-state index in [2.05, 4.69) is 10.6 Å². The number of anilines is 1. The Bertz CT molecular complexity index is 515. The number of halogens is 1. The fraction of sp³-hybridized carbons (Fsp3) is 0.385. The van der Waals surface area contributed by atoms with Crippen LogP contribution in [0.15, 0.2) is 18.2 Å². The number of carboxylic acids is 1. The molecule has 1 unspecified atom stereocenters. The van der Waals surface area contributed by atoms with Crippen LogP contribution in [0, 0.1) is 18.7 Å². The normalized spacial score (nSPS) is 15.7. The lowest BCUT2D eigenvalue weighted by Gasteiger charge is -2.15. The van der Waals surface area contributed by atoms with Crippen LogP contribution in [-0.2, 0) is 4.79 Å². The number of carbonyl (C=O) groups excluding carboxylic acids is 1. The molecule has 6 heteroatoms. The molecule has 0 aromatic heterocycles. The van der Waals surface area contributed by atoms with Crippen molar-refractivity contribution in [2.75, 3.05) is 5.32 Å². The number of rotatable bonds is 4. The third-order valence-electron chi connectivity index (χ3n) is 3.08. The van der Waals surface area contributed by atoms with E-state index in [1.54, 1.807) is 6.92 Å². The maximum absolute atomic E-state index is 12.9. The van der Waals surface area contributed by atoms with E-state index in [1.165, 1.54) is 18.2 Å². The summed E-state index contributed by atoms with van der Waals surface area (Å²) in [6.07, 6.45) is 1.62. The standard InChI is InChI=1S/C13H15FN2O3/c1-7-6-9(14)4-5-10(7)15-13(19)16-11(12(17)18)8-2-3-8/h4-6,8,11H,2-3H2,1H3,(H,17,18)(H2,15,16,19). The zero-order valence-corrected chi connectivity index (χ0v) is 10.4. The first-order valence-electron chi connectivity index (χ1n) is 6.04. The first-order valence-corrected chi connectivity index (χ1v) is 6.04. The maximum Gasteiger partial charge on any atom is 0.326 e. The molecular formula is C13H15FN2O3. The molecule has 0 saturated heterocycles. The van der Waals surface area contributed by atoms with E-state index in [9.17, 15) is 14.0 Å². The Morgan fingerprint density at radius 3 is 2.63 bits per heavy atom. The third kappa shape index (κ3) is 3.43. The van der Waals surface area contributed by atoms with Crippen LogP contribution < -0.4 is 10.6 Å². The van der Waals surface area contributed by atoms with Crippen molar-refractivity contribution in [3.63, 3.8) is 0 Å². The number of nitrogens with one attached hydrogen (secondary N) is 2. The molecule has 1 atom stereocenters. The minimum atomic E-state index is -1.03. The molecule has 1 aliphatic rings. The summed E-state index contributed by atoms with van der Waals surface area (Å²) in [7, 11) is 0. The van der Waals surface area contributed by atoms with Gasteiger partial charge >= 0.3 is 12.0 Å². The molecule has 1 aliphatic carbocycles. The molecule has 0 spiro atoms. The number of urea groups is 1. The molecule has 2 amide bonds. The molecule has 102 valence electrons. The van der Waals surface area contributed by atoms with E-state index in [4.69, 9.17) is 5.11 Å². The predicted octanol–water partition coefficient (Wildman–Crippen LogP) is 2.12. The lowest BCUT2D eigenvalue weighted by Crippen LogP contribution is -2.44. The topological polar surface area (TPSA) is 78.4 Å². The molecule has 5 nitrogen and oxygen atoms in total. The van der Waals surface area contributed by atoms with Crippen molar-refractivity contribution in [1.29, 1.82) is 0 Å². The molecule has 1 aromatic carbocycles. The number of carbonyl (C=O) groups is 2. The monoisotopic (exact) mass is 266 g/mol. The van der Waals surface area contributed by atoms with E-state index in [1.807, 2.05) is 0 Å². The minimum absolute atomic E-state index is 0.0116. The summed E-state index contributed by atoms with van der Waals surface area (Å²) in [5, 5.41) is 13.9. The van der Waals surface area contributed by atoms with E-state index in [0.717, 1.165) is 12.8 Å². The molecule has 3 N–H and O–H groups in total. The number of benzene rings is 1. The van der Waals surface area contributed by atoms with E-state index >= 15 is 0 Å². The molecule has 0 radical (unpaired) electrons. The van der Waals surface area contributed by atoms with Gasteiger partial charge in [-0.1, -0.05) is 0 Å². The van der Waals surface area contributed by atoms with Crippen LogP contribution in [0.3, 0.4) is 0 Å². The van der Waals surface area contributed by atoms with Gasteiger partial charge in [-0.05, 0) is 49.4 Å². The number of hydrogen-bond acceptors (Lipinski definition) is 2. The van der Waals surface area contributed by atoms with Gasteiger partial charge < -0.3 is 15.7 Å². The molecule has 19 heavy (non-hydrogen) atoms. The summed E-state index contributed by atoms with van der Waals surface area (Å²) < 4.78 is 12.9. The summed E-state index contributed by atoms with van der Waals surface area (Å²) in [6.45, 7) is 1.66. The third-order valence-corrected chi connectivity index (χ3v) is 3.08. The van der Waals surface area contributed by atoms with Crippen LogP contribution in [0.5, 0.6) is 0 Å². The zero-order valence-electron chi connectivity index (χ0n) is 10.4. The molecule has 2 rings (SSSR count). The Balaban J connectivity index is 1.98. The van der Waals surface area contributed by atoms with Crippen LogP contribution in [0.2, 0.25) is 0 Å². The Kier molecular flexibility index (Phi) is 3.69. The molecule has 1 fully saturated rings. The lowest BCUT2D eigenvalue weighted by atomic mass is 10.2. The maximum atomic E-state index is 12.9. The fourth-order valence-electron chi connectivity index (χ4n) is 1.88. The average Bonchev–Trinajstić information content (AvgIpc) is 3.13.